The molecule has 1 aromatic rings. The second-order valence-electron chi connectivity index (χ2n) is 3.67. The molecular formula is C11H18BrNS2. The Hall–Kier alpha value is 0.490. The molecule has 1 unspecified atom stereocenters. The van der Waals surface area contributed by atoms with E-state index in [-0.39, 0.29) is 0 Å². The molecule has 0 radical (unpaired) electrons. The standard InChI is InChI=1S/C11H18BrNS2/c1-4-13-11(7-15-8(2)3)9-5-14-6-10(9)12/h5-6,8,11,13H,4,7H2,1-3H3. The number of hydrogen-bond donors (Lipinski definition) is 1. The fourth-order valence-electron chi connectivity index (χ4n) is 1.33. The Balaban J connectivity index is 2.61. The summed E-state index contributed by atoms with van der Waals surface area (Å²) in [6, 6.07) is 0.475. The van der Waals surface area contributed by atoms with Gasteiger partial charge in [0.05, 0.1) is 0 Å². The molecule has 0 fully saturated rings. The molecule has 0 amide bonds. The van der Waals surface area contributed by atoms with Crippen LogP contribution in [0, 0.1) is 0 Å². The van der Waals surface area contributed by atoms with Crippen LogP contribution in [0.25, 0.3) is 0 Å². The van der Waals surface area contributed by atoms with Crippen molar-refractivity contribution in [3.05, 3.63) is 20.8 Å². The van der Waals surface area contributed by atoms with Crippen molar-refractivity contribution in [1.29, 1.82) is 0 Å². The summed E-state index contributed by atoms with van der Waals surface area (Å²) in [5.41, 5.74) is 1.40. The van der Waals surface area contributed by atoms with Gasteiger partial charge >= 0.3 is 0 Å². The van der Waals surface area contributed by atoms with E-state index in [0.717, 1.165) is 12.3 Å². The number of rotatable bonds is 6. The van der Waals surface area contributed by atoms with E-state index in [1.165, 1.54) is 10.0 Å². The zero-order valence-electron chi connectivity index (χ0n) is 9.42. The van der Waals surface area contributed by atoms with E-state index < -0.39 is 0 Å². The van der Waals surface area contributed by atoms with Crippen molar-refractivity contribution in [3.8, 4) is 0 Å². The van der Waals surface area contributed by atoms with Crippen LogP contribution in [0.2, 0.25) is 0 Å². The third-order valence-electron chi connectivity index (χ3n) is 2.06. The summed E-state index contributed by atoms with van der Waals surface area (Å²) in [5.74, 6) is 1.14. The van der Waals surface area contributed by atoms with Gasteiger partial charge in [0, 0.05) is 21.6 Å². The summed E-state index contributed by atoms with van der Waals surface area (Å²) in [6.45, 7) is 7.67. The van der Waals surface area contributed by atoms with E-state index in [0.29, 0.717) is 11.3 Å². The topological polar surface area (TPSA) is 12.0 Å². The number of thiophene rings is 1. The smallest absolute Gasteiger partial charge is 0.0431 e. The summed E-state index contributed by atoms with van der Waals surface area (Å²) in [6.07, 6.45) is 0. The maximum atomic E-state index is 3.61. The third kappa shape index (κ3) is 4.47. The first kappa shape index (κ1) is 13.6. The fraction of sp³-hybridized carbons (Fsp3) is 0.636. The number of nitrogens with one attached hydrogen (secondary N) is 1. The Kier molecular flexibility index (Phi) is 6.27. The van der Waals surface area contributed by atoms with Crippen LogP contribution in [-0.2, 0) is 0 Å². The molecule has 15 heavy (non-hydrogen) atoms. The molecule has 1 aromatic heterocycles. The van der Waals surface area contributed by atoms with Gasteiger partial charge in [-0.15, -0.1) is 0 Å². The minimum absolute atomic E-state index is 0.475. The minimum atomic E-state index is 0.475. The van der Waals surface area contributed by atoms with Crippen LogP contribution >= 0.6 is 39.0 Å². The first-order valence-electron chi connectivity index (χ1n) is 5.21. The molecule has 0 aromatic carbocycles. The Morgan fingerprint density at radius 1 is 1.47 bits per heavy atom. The maximum absolute atomic E-state index is 3.61. The molecule has 0 saturated heterocycles. The van der Waals surface area contributed by atoms with Crippen molar-refractivity contribution in [2.75, 3.05) is 12.3 Å². The van der Waals surface area contributed by atoms with Crippen LogP contribution in [0.3, 0.4) is 0 Å². The summed E-state index contributed by atoms with van der Waals surface area (Å²) in [5, 5.41) is 8.62. The molecule has 1 rings (SSSR count). The molecular weight excluding hydrogens is 290 g/mol. The number of halogens is 1. The molecule has 1 atom stereocenters. The average molecular weight is 308 g/mol. The molecule has 0 aliphatic carbocycles. The highest BCUT2D eigenvalue weighted by molar-refractivity contribution is 9.10. The van der Waals surface area contributed by atoms with E-state index in [2.05, 4.69) is 52.8 Å². The Morgan fingerprint density at radius 2 is 2.20 bits per heavy atom. The van der Waals surface area contributed by atoms with Crippen LogP contribution < -0.4 is 5.32 Å². The number of thioether (sulfide) groups is 1. The van der Waals surface area contributed by atoms with E-state index in [9.17, 15) is 0 Å². The van der Waals surface area contributed by atoms with E-state index >= 15 is 0 Å². The largest absolute Gasteiger partial charge is 0.309 e. The zero-order chi connectivity index (χ0) is 11.3. The second-order valence-corrected chi connectivity index (χ2v) is 6.87. The SMILES string of the molecule is CCNC(CSC(C)C)c1cscc1Br. The van der Waals surface area contributed by atoms with E-state index in [1.807, 2.05) is 11.8 Å². The highest BCUT2D eigenvalue weighted by Crippen LogP contribution is 2.30. The summed E-state index contributed by atoms with van der Waals surface area (Å²) >= 11 is 7.37. The summed E-state index contributed by atoms with van der Waals surface area (Å²) in [7, 11) is 0. The van der Waals surface area contributed by atoms with Crippen molar-refractivity contribution in [3.63, 3.8) is 0 Å². The summed E-state index contributed by atoms with van der Waals surface area (Å²) < 4.78 is 1.24. The van der Waals surface area contributed by atoms with Gasteiger partial charge in [-0.1, -0.05) is 20.8 Å². The third-order valence-corrected chi connectivity index (χ3v) is 5.01. The van der Waals surface area contributed by atoms with Gasteiger partial charge in [0.25, 0.3) is 0 Å². The quantitative estimate of drug-likeness (QED) is 0.841. The van der Waals surface area contributed by atoms with Gasteiger partial charge in [-0.05, 0) is 38.7 Å². The lowest BCUT2D eigenvalue weighted by molar-refractivity contribution is 0.605. The van der Waals surface area contributed by atoms with Crippen molar-refractivity contribution >= 4 is 39.0 Å². The van der Waals surface area contributed by atoms with Crippen LogP contribution in [0.1, 0.15) is 32.4 Å². The molecule has 0 aliphatic heterocycles. The molecule has 86 valence electrons. The van der Waals surface area contributed by atoms with Gasteiger partial charge < -0.3 is 5.32 Å². The minimum Gasteiger partial charge on any atom is -0.309 e. The Labute approximate surface area is 109 Å². The Bertz CT molecular complexity index is 286. The van der Waals surface area contributed by atoms with E-state index in [1.54, 1.807) is 11.3 Å². The molecule has 0 aliphatic rings. The van der Waals surface area contributed by atoms with Crippen LogP contribution in [-0.4, -0.2) is 17.5 Å². The lowest BCUT2D eigenvalue weighted by Gasteiger charge is -2.18. The predicted octanol–water partition coefficient (Wildman–Crippen LogP) is 4.30. The number of hydrogen-bond acceptors (Lipinski definition) is 3. The first-order valence-corrected chi connectivity index (χ1v) is 8.00. The maximum Gasteiger partial charge on any atom is 0.0431 e. The molecule has 0 bridgehead atoms. The van der Waals surface area contributed by atoms with Gasteiger partial charge in [-0.3, -0.25) is 0 Å². The van der Waals surface area contributed by atoms with Gasteiger partial charge in [0.15, 0.2) is 0 Å². The highest BCUT2D eigenvalue weighted by atomic mass is 79.9. The monoisotopic (exact) mass is 307 g/mol. The molecule has 1 heterocycles. The van der Waals surface area contributed by atoms with Gasteiger partial charge in [-0.2, -0.15) is 23.1 Å². The van der Waals surface area contributed by atoms with Crippen molar-refractivity contribution in [2.45, 2.75) is 32.1 Å². The van der Waals surface area contributed by atoms with E-state index in [4.69, 9.17) is 0 Å². The summed E-state index contributed by atoms with van der Waals surface area (Å²) in [4.78, 5) is 0. The van der Waals surface area contributed by atoms with Crippen molar-refractivity contribution in [1.82, 2.24) is 5.32 Å². The normalized spacial score (nSPS) is 13.4. The fourth-order valence-corrected chi connectivity index (χ4v) is 3.84. The highest BCUT2D eigenvalue weighted by Gasteiger charge is 2.14. The van der Waals surface area contributed by atoms with Gasteiger partial charge in [0.1, 0.15) is 0 Å². The molecule has 0 spiro atoms. The molecule has 4 heteroatoms. The molecule has 1 N–H and O–H groups in total. The van der Waals surface area contributed by atoms with Crippen LogP contribution in [0.4, 0.5) is 0 Å². The lowest BCUT2D eigenvalue weighted by atomic mass is 10.2. The second kappa shape index (κ2) is 6.94. The van der Waals surface area contributed by atoms with Crippen molar-refractivity contribution in [2.24, 2.45) is 0 Å². The lowest BCUT2D eigenvalue weighted by Crippen LogP contribution is -2.23. The predicted molar refractivity (Wildman–Crippen MR) is 76.0 cm³/mol. The average Bonchev–Trinajstić information content (AvgIpc) is 2.59. The zero-order valence-corrected chi connectivity index (χ0v) is 12.6. The molecule has 1 nitrogen and oxygen atoms in total. The van der Waals surface area contributed by atoms with Gasteiger partial charge in [-0.25, -0.2) is 0 Å². The Morgan fingerprint density at radius 3 is 2.67 bits per heavy atom. The van der Waals surface area contributed by atoms with Crippen LogP contribution in [0.5, 0.6) is 0 Å². The molecule has 0 saturated carbocycles. The van der Waals surface area contributed by atoms with Crippen LogP contribution in [0.15, 0.2) is 15.2 Å². The van der Waals surface area contributed by atoms with Crippen molar-refractivity contribution < 1.29 is 0 Å². The van der Waals surface area contributed by atoms with Gasteiger partial charge in [0.2, 0.25) is 0 Å². The first-order chi connectivity index (χ1) is 7.15.